The summed E-state index contributed by atoms with van der Waals surface area (Å²) < 4.78 is 0. The third kappa shape index (κ3) is 2.74. The molecule has 3 heteroatoms. The molecule has 0 amide bonds. The zero-order chi connectivity index (χ0) is 12.3. The van der Waals surface area contributed by atoms with Crippen LogP contribution in [0.25, 0.3) is 10.8 Å². The average Bonchev–Trinajstić information content (AvgIpc) is 2.29. The molecular weight excluding hydrogens is 210 g/mol. The van der Waals surface area contributed by atoms with E-state index >= 15 is 0 Å². The molecule has 90 valence electrons. The molecule has 0 atom stereocenters. The number of likely N-dealkylation sites (N-methyl/N-ethyl adjacent to an activating group) is 1. The average molecular weight is 229 g/mol. The van der Waals surface area contributed by atoms with E-state index in [2.05, 4.69) is 60.5 Å². The van der Waals surface area contributed by atoms with Crippen LogP contribution in [0.5, 0.6) is 0 Å². The van der Waals surface area contributed by atoms with Crippen LogP contribution in [-0.4, -0.2) is 37.1 Å². The number of hydrogen-bond acceptors (Lipinski definition) is 3. The smallest absolute Gasteiger partial charge is 0.134 e. The Morgan fingerprint density at radius 1 is 1.24 bits per heavy atom. The second-order valence-electron chi connectivity index (χ2n) is 4.56. The lowest BCUT2D eigenvalue weighted by Crippen LogP contribution is -2.21. The van der Waals surface area contributed by atoms with Crippen molar-refractivity contribution in [2.45, 2.75) is 6.92 Å². The van der Waals surface area contributed by atoms with Gasteiger partial charge in [0.1, 0.15) is 5.82 Å². The summed E-state index contributed by atoms with van der Waals surface area (Å²) in [7, 11) is 4.15. The number of anilines is 1. The molecule has 0 radical (unpaired) electrons. The summed E-state index contributed by atoms with van der Waals surface area (Å²) in [6.07, 6.45) is 1.86. The summed E-state index contributed by atoms with van der Waals surface area (Å²) >= 11 is 0. The number of aryl methyl sites for hydroxylation is 1. The Morgan fingerprint density at radius 3 is 2.82 bits per heavy atom. The summed E-state index contributed by atoms with van der Waals surface area (Å²) in [5, 5.41) is 5.88. The van der Waals surface area contributed by atoms with Gasteiger partial charge in [-0.15, -0.1) is 0 Å². The lowest BCUT2D eigenvalue weighted by molar-refractivity contribution is 0.425. The first-order valence-corrected chi connectivity index (χ1v) is 5.91. The Hall–Kier alpha value is -1.61. The zero-order valence-corrected chi connectivity index (χ0v) is 10.7. The largest absolute Gasteiger partial charge is 0.368 e. The number of pyridine rings is 1. The van der Waals surface area contributed by atoms with Gasteiger partial charge < -0.3 is 10.2 Å². The van der Waals surface area contributed by atoms with Crippen LogP contribution in [-0.2, 0) is 0 Å². The van der Waals surface area contributed by atoms with Crippen molar-refractivity contribution in [2.75, 3.05) is 32.5 Å². The Balaban J connectivity index is 2.27. The van der Waals surface area contributed by atoms with Crippen molar-refractivity contribution in [3.8, 4) is 0 Å². The van der Waals surface area contributed by atoms with E-state index in [4.69, 9.17) is 0 Å². The van der Waals surface area contributed by atoms with Gasteiger partial charge >= 0.3 is 0 Å². The third-order valence-electron chi connectivity index (χ3n) is 2.85. The number of benzene rings is 1. The predicted octanol–water partition coefficient (Wildman–Crippen LogP) is 2.52. The summed E-state index contributed by atoms with van der Waals surface area (Å²) in [6.45, 7) is 4.04. The summed E-state index contributed by atoms with van der Waals surface area (Å²) in [6, 6.07) is 8.39. The first-order chi connectivity index (χ1) is 8.18. The maximum Gasteiger partial charge on any atom is 0.134 e. The van der Waals surface area contributed by atoms with Crippen molar-refractivity contribution >= 4 is 16.6 Å². The van der Waals surface area contributed by atoms with Crippen molar-refractivity contribution in [1.29, 1.82) is 0 Å². The molecule has 0 aliphatic carbocycles. The number of rotatable bonds is 4. The van der Waals surface area contributed by atoms with Crippen LogP contribution in [0, 0.1) is 6.92 Å². The van der Waals surface area contributed by atoms with Crippen LogP contribution in [0.2, 0.25) is 0 Å². The zero-order valence-electron chi connectivity index (χ0n) is 10.7. The van der Waals surface area contributed by atoms with Crippen molar-refractivity contribution in [2.24, 2.45) is 0 Å². The van der Waals surface area contributed by atoms with Gasteiger partial charge in [-0.25, -0.2) is 4.98 Å². The highest BCUT2D eigenvalue weighted by Gasteiger charge is 2.04. The van der Waals surface area contributed by atoms with Gasteiger partial charge in [0.25, 0.3) is 0 Å². The van der Waals surface area contributed by atoms with E-state index < -0.39 is 0 Å². The van der Waals surface area contributed by atoms with E-state index in [1.807, 2.05) is 6.20 Å². The van der Waals surface area contributed by atoms with Crippen LogP contribution in [0.4, 0.5) is 5.82 Å². The molecule has 1 aromatic carbocycles. The Morgan fingerprint density at radius 2 is 2.06 bits per heavy atom. The van der Waals surface area contributed by atoms with E-state index in [-0.39, 0.29) is 0 Å². The normalized spacial score (nSPS) is 11.1. The highest BCUT2D eigenvalue weighted by Crippen LogP contribution is 2.24. The fourth-order valence-corrected chi connectivity index (χ4v) is 1.94. The van der Waals surface area contributed by atoms with Crippen molar-refractivity contribution in [1.82, 2.24) is 9.88 Å². The molecule has 2 rings (SSSR count). The molecule has 0 unspecified atom stereocenters. The maximum absolute atomic E-state index is 4.43. The predicted molar refractivity (Wildman–Crippen MR) is 73.5 cm³/mol. The number of nitrogens with one attached hydrogen (secondary N) is 1. The highest BCUT2D eigenvalue weighted by atomic mass is 15.1. The van der Waals surface area contributed by atoms with E-state index in [9.17, 15) is 0 Å². The molecule has 1 heterocycles. The third-order valence-corrected chi connectivity index (χ3v) is 2.85. The molecular formula is C14H19N3. The van der Waals surface area contributed by atoms with E-state index in [0.29, 0.717) is 0 Å². The fourth-order valence-electron chi connectivity index (χ4n) is 1.94. The minimum atomic E-state index is 0.910. The summed E-state index contributed by atoms with van der Waals surface area (Å²) in [5.41, 5.74) is 1.27. The lowest BCUT2D eigenvalue weighted by Gasteiger charge is -2.13. The standard InChI is InChI=1S/C14H19N3/c1-11-5-4-6-12-7-8-15-14(13(11)12)16-9-10-17(2)3/h4-8H,9-10H2,1-3H3,(H,15,16). The van der Waals surface area contributed by atoms with Gasteiger partial charge in [-0.05, 0) is 38.0 Å². The molecule has 17 heavy (non-hydrogen) atoms. The minimum absolute atomic E-state index is 0.910. The molecule has 0 bridgehead atoms. The molecule has 1 N–H and O–H groups in total. The molecule has 0 spiro atoms. The van der Waals surface area contributed by atoms with Gasteiger partial charge in [0.15, 0.2) is 0 Å². The van der Waals surface area contributed by atoms with Crippen LogP contribution in [0.15, 0.2) is 30.5 Å². The van der Waals surface area contributed by atoms with Gasteiger partial charge in [-0.1, -0.05) is 18.2 Å². The van der Waals surface area contributed by atoms with Crippen LogP contribution < -0.4 is 5.32 Å². The molecule has 0 fully saturated rings. The monoisotopic (exact) mass is 229 g/mol. The topological polar surface area (TPSA) is 28.2 Å². The quantitative estimate of drug-likeness (QED) is 0.873. The Kier molecular flexibility index (Phi) is 3.59. The van der Waals surface area contributed by atoms with Gasteiger partial charge in [-0.3, -0.25) is 0 Å². The molecule has 3 nitrogen and oxygen atoms in total. The summed E-state index contributed by atoms with van der Waals surface area (Å²) in [4.78, 5) is 6.59. The molecule has 1 aromatic heterocycles. The Labute approximate surface area is 102 Å². The summed E-state index contributed by atoms with van der Waals surface area (Å²) in [5.74, 6) is 0.988. The highest BCUT2D eigenvalue weighted by molar-refractivity contribution is 5.94. The van der Waals surface area contributed by atoms with Crippen LogP contribution in [0.1, 0.15) is 5.56 Å². The SMILES string of the molecule is Cc1cccc2ccnc(NCCN(C)C)c12. The Bertz CT molecular complexity index is 501. The first-order valence-electron chi connectivity index (χ1n) is 5.91. The van der Waals surface area contributed by atoms with Crippen molar-refractivity contribution in [3.63, 3.8) is 0 Å². The second kappa shape index (κ2) is 5.15. The molecule has 2 aromatic rings. The molecule has 0 aliphatic rings. The number of nitrogens with zero attached hydrogens (tertiary/aromatic N) is 2. The van der Waals surface area contributed by atoms with Gasteiger partial charge in [0.2, 0.25) is 0 Å². The van der Waals surface area contributed by atoms with E-state index in [1.165, 1.54) is 16.3 Å². The molecule has 0 saturated heterocycles. The second-order valence-corrected chi connectivity index (χ2v) is 4.56. The van der Waals surface area contributed by atoms with Gasteiger partial charge in [0.05, 0.1) is 0 Å². The van der Waals surface area contributed by atoms with Gasteiger partial charge in [-0.2, -0.15) is 0 Å². The number of fused-ring (bicyclic) bond motifs is 1. The fraction of sp³-hybridized carbons (Fsp3) is 0.357. The first kappa shape index (κ1) is 11.9. The van der Waals surface area contributed by atoms with Crippen LogP contribution in [0.3, 0.4) is 0 Å². The number of hydrogen-bond donors (Lipinski definition) is 1. The lowest BCUT2D eigenvalue weighted by atomic mass is 10.1. The molecule has 0 aliphatic heterocycles. The van der Waals surface area contributed by atoms with Gasteiger partial charge in [0, 0.05) is 24.7 Å². The van der Waals surface area contributed by atoms with Crippen molar-refractivity contribution < 1.29 is 0 Å². The minimum Gasteiger partial charge on any atom is -0.368 e. The van der Waals surface area contributed by atoms with E-state index in [0.717, 1.165) is 18.9 Å². The van der Waals surface area contributed by atoms with E-state index in [1.54, 1.807) is 0 Å². The maximum atomic E-state index is 4.43. The number of aromatic nitrogens is 1. The van der Waals surface area contributed by atoms with Crippen LogP contribution >= 0.6 is 0 Å². The van der Waals surface area contributed by atoms with Crippen molar-refractivity contribution in [3.05, 3.63) is 36.0 Å². The molecule has 0 saturated carbocycles.